The highest BCUT2D eigenvalue weighted by Crippen LogP contribution is 2.29. The van der Waals surface area contributed by atoms with E-state index in [2.05, 4.69) is 22.1 Å². The standard InChI is InChI=1S/C25H35N3O3/c1-3-30-24-17-22(8-9-23(24)31-19-21-10-13-26-14-11-21)25(29)27-12-4-5-15-28-16-6-7-20(2)18-28/h8-11,13-14,17,20H,3-7,12,15-16,18-19H2,1-2H3,(H,27,29). The fourth-order valence-electron chi connectivity index (χ4n) is 3.93. The van der Waals surface area contributed by atoms with Crippen LogP contribution in [0.2, 0.25) is 0 Å². The molecule has 0 spiro atoms. The van der Waals surface area contributed by atoms with E-state index in [4.69, 9.17) is 9.47 Å². The van der Waals surface area contributed by atoms with E-state index in [1.165, 1.54) is 25.9 Å². The van der Waals surface area contributed by atoms with Crippen LogP contribution in [0, 0.1) is 5.92 Å². The van der Waals surface area contributed by atoms with E-state index in [9.17, 15) is 4.79 Å². The third-order valence-electron chi connectivity index (χ3n) is 5.58. The number of pyridine rings is 1. The molecule has 1 N–H and O–H groups in total. The van der Waals surface area contributed by atoms with E-state index < -0.39 is 0 Å². The van der Waals surface area contributed by atoms with Crippen LogP contribution in [0.15, 0.2) is 42.7 Å². The largest absolute Gasteiger partial charge is 0.490 e. The lowest BCUT2D eigenvalue weighted by molar-refractivity contribution is 0.0951. The average molecular weight is 426 g/mol. The minimum Gasteiger partial charge on any atom is -0.490 e. The number of unbranched alkanes of at least 4 members (excludes halogenated alkanes) is 1. The Labute approximate surface area is 186 Å². The number of benzene rings is 1. The third-order valence-corrected chi connectivity index (χ3v) is 5.58. The molecule has 1 fully saturated rings. The molecule has 1 aromatic carbocycles. The summed E-state index contributed by atoms with van der Waals surface area (Å²) in [6.07, 6.45) is 8.23. The molecule has 2 heterocycles. The van der Waals surface area contributed by atoms with E-state index >= 15 is 0 Å². The number of amides is 1. The van der Waals surface area contributed by atoms with E-state index in [0.717, 1.165) is 30.9 Å². The first-order valence-corrected chi connectivity index (χ1v) is 11.4. The molecule has 6 nitrogen and oxygen atoms in total. The highest BCUT2D eigenvalue weighted by atomic mass is 16.5. The van der Waals surface area contributed by atoms with Crippen molar-refractivity contribution in [2.75, 3.05) is 32.8 Å². The maximum atomic E-state index is 12.6. The molecule has 2 aromatic rings. The SMILES string of the molecule is CCOc1cc(C(=O)NCCCCN2CCCC(C)C2)ccc1OCc1ccncc1. The predicted molar refractivity (Wildman–Crippen MR) is 123 cm³/mol. The van der Waals surface area contributed by atoms with Gasteiger partial charge in [0.2, 0.25) is 0 Å². The van der Waals surface area contributed by atoms with Crippen LogP contribution in [0.3, 0.4) is 0 Å². The number of rotatable bonds is 11. The summed E-state index contributed by atoms with van der Waals surface area (Å²) in [6, 6.07) is 9.17. The molecule has 1 unspecified atom stereocenters. The highest BCUT2D eigenvalue weighted by Gasteiger charge is 2.15. The number of nitrogens with one attached hydrogen (secondary N) is 1. The average Bonchev–Trinajstić information content (AvgIpc) is 2.79. The second kappa shape index (κ2) is 12.3. The maximum Gasteiger partial charge on any atom is 0.251 e. The number of nitrogens with zero attached hydrogens (tertiary/aromatic N) is 2. The Morgan fingerprint density at radius 3 is 2.77 bits per heavy atom. The molecule has 1 atom stereocenters. The molecule has 1 aliphatic heterocycles. The van der Waals surface area contributed by atoms with Crippen molar-refractivity contribution in [2.24, 2.45) is 5.92 Å². The molecule has 0 aliphatic carbocycles. The van der Waals surface area contributed by atoms with Gasteiger partial charge in [-0.25, -0.2) is 0 Å². The van der Waals surface area contributed by atoms with E-state index in [1.807, 2.05) is 19.1 Å². The first-order chi connectivity index (χ1) is 15.2. The number of carbonyl (C=O) groups excluding carboxylic acids is 1. The Morgan fingerprint density at radius 2 is 2.00 bits per heavy atom. The van der Waals surface area contributed by atoms with Gasteiger partial charge in [-0.15, -0.1) is 0 Å². The highest BCUT2D eigenvalue weighted by molar-refractivity contribution is 5.94. The zero-order chi connectivity index (χ0) is 21.9. The first-order valence-electron chi connectivity index (χ1n) is 11.4. The van der Waals surface area contributed by atoms with Crippen LogP contribution in [0.4, 0.5) is 0 Å². The summed E-state index contributed by atoms with van der Waals surface area (Å²) in [6.45, 7) is 9.41. The van der Waals surface area contributed by atoms with Crippen molar-refractivity contribution >= 4 is 5.91 Å². The van der Waals surface area contributed by atoms with Gasteiger partial charge in [0.05, 0.1) is 6.61 Å². The Kier molecular flexibility index (Phi) is 9.16. The van der Waals surface area contributed by atoms with Crippen molar-refractivity contribution in [1.82, 2.24) is 15.2 Å². The number of likely N-dealkylation sites (tertiary alicyclic amines) is 1. The van der Waals surface area contributed by atoms with Crippen LogP contribution in [-0.4, -0.2) is 48.6 Å². The fourth-order valence-corrected chi connectivity index (χ4v) is 3.93. The summed E-state index contributed by atoms with van der Waals surface area (Å²) in [7, 11) is 0. The van der Waals surface area contributed by atoms with Gasteiger partial charge in [-0.2, -0.15) is 0 Å². The molecule has 1 amide bonds. The van der Waals surface area contributed by atoms with Gasteiger partial charge in [-0.1, -0.05) is 6.92 Å². The molecule has 168 valence electrons. The molecular weight excluding hydrogens is 390 g/mol. The number of carbonyl (C=O) groups is 1. The number of ether oxygens (including phenoxy) is 2. The summed E-state index contributed by atoms with van der Waals surface area (Å²) < 4.78 is 11.6. The predicted octanol–water partition coefficient (Wildman–Crippen LogP) is 4.30. The molecule has 1 aliphatic rings. The van der Waals surface area contributed by atoms with Gasteiger partial charge in [0, 0.05) is 31.0 Å². The minimum atomic E-state index is -0.0757. The van der Waals surface area contributed by atoms with Crippen molar-refractivity contribution in [3.63, 3.8) is 0 Å². The Morgan fingerprint density at radius 1 is 1.16 bits per heavy atom. The lowest BCUT2D eigenvalue weighted by Crippen LogP contribution is -2.35. The molecule has 31 heavy (non-hydrogen) atoms. The molecule has 3 rings (SSSR count). The van der Waals surface area contributed by atoms with Crippen LogP contribution < -0.4 is 14.8 Å². The second-order valence-electron chi connectivity index (χ2n) is 8.25. The number of hydrogen-bond donors (Lipinski definition) is 1. The van der Waals surface area contributed by atoms with Crippen molar-refractivity contribution in [1.29, 1.82) is 0 Å². The minimum absolute atomic E-state index is 0.0757. The number of piperidine rings is 1. The topological polar surface area (TPSA) is 63.7 Å². The summed E-state index contributed by atoms with van der Waals surface area (Å²) in [5.74, 6) is 1.95. The van der Waals surface area contributed by atoms with Gasteiger partial charge in [-0.05, 0) is 87.5 Å². The lowest BCUT2D eigenvalue weighted by Gasteiger charge is -2.30. The maximum absolute atomic E-state index is 12.6. The lowest BCUT2D eigenvalue weighted by atomic mass is 10.0. The van der Waals surface area contributed by atoms with Gasteiger partial charge in [0.1, 0.15) is 6.61 Å². The molecule has 6 heteroatoms. The fraction of sp³-hybridized carbons (Fsp3) is 0.520. The van der Waals surface area contributed by atoms with Gasteiger partial charge >= 0.3 is 0 Å². The summed E-state index contributed by atoms with van der Waals surface area (Å²) in [5.41, 5.74) is 1.61. The van der Waals surface area contributed by atoms with E-state index in [1.54, 1.807) is 30.6 Å². The van der Waals surface area contributed by atoms with Crippen molar-refractivity contribution in [2.45, 2.75) is 46.1 Å². The van der Waals surface area contributed by atoms with Crippen LogP contribution in [0.25, 0.3) is 0 Å². The van der Waals surface area contributed by atoms with Crippen LogP contribution in [0.5, 0.6) is 11.5 Å². The summed E-state index contributed by atoms with van der Waals surface area (Å²) in [5, 5.41) is 3.03. The third kappa shape index (κ3) is 7.55. The molecule has 0 saturated carbocycles. The van der Waals surface area contributed by atoms with Crippen LogP contribution >= 0.6 is 0 Å². The van der Waals surface area contributed by atoms with Crippen molar-refractivity contribution in [3.8, 4) is 11.5 Å². The number of aromatic nitrogens is 1. The van der Waals surface area contributed by atoms with Gasteiger partial charge < -0.3 is 19.7 Å². The van der Waals surface area contributed by atoms with E-state index in [0.29, 0.717) is 36.8 Å². The molecule has 0 bridgehead atoms. The monoisotopic (exact) mass is 425 g/mol. The van der Waals surface area contributed by atoms with Crippen molar-refractivity contribution in [3.05, 3.63) is 53.9 Å². The van der Waals surface area contributed by atoms with Gasteiger partial charge in [0.25, 0.3) is 5.91 Å². The zero-order valence-electron chi connectivity index (χ0n) is 18.8. The van der Waals surface area contributed by atoms with E-state index in [-0.39, 0.29) is 5.91 Å². The van der Waals surface area contributed by atoms with Crippen molar-refractivity contribution < 1.29 is 14.3 Å². The van der Waals surface area contributed by atoms with Gasteiger partial charge in [0.15, 0.2) is 11.5 Å². The smallest absolute Gasteiger partial charge is 0.251 e. The zero-order valence-corrected chi connectivity index (χ0v) is 18.8. The quantitative estimate of drug-likeness (QED) is 0.544. The summed E-state index contributed by atoms with van der Waals surface area (Å²) >= 11 is 0. The van der Waals surface area contributed by atoms with Crippen LogP contribution in [-0.2, 0) is 6.61 Å². The molecular formula is C25H35N3O3. The second-order valence-corrected chi connectivity index (χ2v) is 8.25. The Bertz CT molecular complexity index is 813. The molecule has 1 aromatic heterocycles. The summed E-state index contributed by atoms with van der Waals surface area (Å²) in [4.78, 5) is 19.1. The molecule has 0 radical (unpaired) electrons. The van der Waals surface area contributed by atoms with Crippen LogP contribution in [0.1, 0.15) is 55.5 Å². The molecule has 1 saturated heterocycles. The number of hydrogen-bond acceptors (Lipinski definition) is 5. The van der Waals surface area contributed by atoms with Gasteiger partial charge in [-0.3, -0.25) is 9.78 Å². The normalized spacial score (nSPS) is 16.6. The Hall–Kier alpha value is -2.60. The first kappa shape index (κ1) is 23.1. The Balaban J connectivity index is 1.45.